The highest BCUT2D eigenvalue weighted by molar-refractivity contribution is 7.51. The minimum absolute atomic E-state index is 0.681. The van der Waals surface area contributed by atoms with Gasteiger partial charge in [0, 0.05) is 0 Å². The predicted molar refractivity (Wildman–Crippen MR) is 30.6 cm³/mol. The van der Waals surface area contributed by atoms with Gasteiger partial charge in [-0.3, -0.25) is 9.36 Å². The van der Waals surface area contributed by atoms with Crippen LogP contribution in [0.4, 0.5) is 0 Å². The number of nitrogens with two attached hydrogens (primary N) is 1. The third-order valence-corrected chi connectivity index (χ3v) is 1.40. The van der Waals surface area contributed by atoms with E-state index in [9.17, 15) is 9.36 Å². The van der Waals surface area contributed by atoms with Crippen molar-refractivity contribution in [1.29, 1.82) is 0 Å². The molecule has 0 rings (SSSR count). The summed E-state index contributed by atoms with van der Waals surface area (Å²) in [6.07, 6.45) is 0.587. The van der Waals surface area contributed by atoms with E-state index in [2.05, 4.69) is 0 Å². The first kappa shape index (κ1) is 6.89. The van der Waals surface area contributed by atoms with E-state index in [1.54, 1.807) is 5.73 Å². The van der Waals surface area contributed by atoms with Gasteiger partial charge in [0.25, 0.3) is 0 Å². The summed E-state index contributed by atoms with van der Waals surface area (Å²) in [6, 6.07) is -1.21. The lowest BCUT2D eigenvalue weighted by atomic mass is 10.4. The molecule has 0 unspecified atom stereocenters. The van der Waals surface area contributed by atoms with Gasteiger partial charge in [0.15, 0.2) is 0 Å². The summed E-state index contributed by atoms with van der Waals surface area (Å²) in [5, 5.41) is 0. The fraction of sp³-hybridized carbons (Fsp3) is 0.667. The largest absolute Gasteiger partial charge is 0.327 e. The van der Waals surface area contributed by atoms with Gasteiger partial charge >= 0.3 is 7.60 Å². The van der Waals surface area contributed by atoms with Crippen LogP contribution in [-0.4, -0.2) is 28.3 Å². The van der Waals surface area contributed by atoms with Crippen LogP contribution in [0.15, 0.2) is 0 Å². The zero-order valence-electron chi connectivity index (χ0n) is 5.44. The molecular formula is C3H7NO4P. The number of hydrogen-bond donors (Lipinski definition) is 3. The van der Waals surface area contributed by atoms with Crippen molar-refractivity contribution in [3.63, 3.8) is 0 Å². The molecule has 0 saturated carbocycles. The van der Waals surface area contributed by atoms with Crippen molar-refractivity contribution >= 4 is 13.9 Å². The molecule has 6 heteroatoms. The summed E-state index contributed by atoms with van der Waals surface area (Å²) < 4.78 is 16.5. The molecule has 0 spiro atoms. The Labute approximate surface area is 53.5 Å². The molecule has 1 atom stereocenters. The maximum Gasteiger partial charge on any atom is 0.327 e. The van der Waals surface area contributed by atoms with Crippen molar-refractivity contribution in [2.24, 2.45) is 5.73 Å². The number of rotatable bonds is 4. The van der Waals surface area contributed by atoms with Crippen molar-refractivity contribution in [1.82, 2.24) is 0 Å². The van der Waals surface area contributed by atoms with Gasteiger partial charge in [0.05, 0.1) is 12.2 Å². The molecule has 1 radical (unpaired) electrons. The molecule has 5 nitrogen and oxygen atoms in total. The van der Waals surface area contributed by atoms with Gasteiger partial charge in [-0.1, -0.05) is 0 Å². The zero-order valence-corrected chi connectivity index (χ0v) is 5.34. The molecule has 0 bridgehead atoms. The zero-order chi connectivity index (χ0) is 8.20. The highest BCUT2D eigenvalue weighted by Gasteiger charge is 2.17. The van der Waals surface area contributed by atoms with E-state index >= 15 is 0 Å². The third-order valence-electron chi connectivity index (χ3n) is 0.563. The molecule has 0 aromatic carbocycles. The Hall–Kier alpha value is -0.220. The van der Waals surface area contributed by atoms with Gasteiger partial charge in [0.2, 0.25) is 6.29 Å². The second kappa shape index (κ2) is 3.08. The number of hydrogen-bond acceptors (Lipinski definition) is 3. The number of carbonyl (C=O) groups excluding carboxylic acids is 1. The Morgan fingerprint density at radius 3 is 2.56 bits per heavy atom. The van der Waals surface area contributed by atoms with Crippen molar-refractivity contribution in [3.05, 3.63) is 0 Å². The maximum atomic E-state index is 10.2. The minimum atomic E-state index is -4.20. The van der Waals surface area contributed by atoms with Crippen molar-refractivity contribution in [2.75, 3.05) is 6.16 Å². The first-order chi connectivity index (χ1) is 4.49. The average Bonchev–Trinajstić information content (AvgIpc) is 1.81. The van der Waals surface area contributed by atoms with Gasteiger partial charge in [-0.15, -0.1) is 0 Å². The van der Waals surface area contributed by atoms with Gasteiger partial charge in [0.1, 0.15) is 1.41 Å². The molecule has 0 amide bonds. The first-order valence-corrected chi connectivity index (χ1v) is 3.89. The molecule has 0 aliphatic rings. The predicted octanol–water partition coefficient (Wildman–Crippen LogP) is -1.40. The molecule has 4 N–H and O–H groups in total. The normalized spacial score (nSPS) is 16.4. The van der Waals surface area contributed by atoms with E-state index in [0.717, 1.165) is 0 Å². The molecule has 53 valence electrons. The molecule has 0 aromatic heterocycles. The van der Waals surface area contributed by atoms with Gasteiger partial charge in [-0.05, 0) is 0 Å². The van der Waals surface area contributed by atoms with Crippen LogP contribution in [-0.2, 0) is 9.36 Å². The highest BCUT2D eigenvalue weighted by atomic mass is 31.2. The van der Waals surface area contributed by atoms with E-state index in [0.29, 0.717) is 0 Å². The smallest absolute Gasteiger partial charge is 0.324 e. The van der Waals surface area contributed by atoms with E-state index < -0.39 is 19.8 Å². The van der Waals surface area contributed by atoms with Crippen LogP contribution in [0, 0.1) is 0 Å². The lowest BCUT2D eigenvalue weighted by Gasteiger charge is -2.03. The molecule has 0 aromatic rings. The fourth-order valence-electron chi connectivity index (χ4n) is 0.275. The van der Waals surface area contributed by atoms with Gasteiger partial charge in [-0.25, -0.2) is 0 Å². The van der Waals surface area contributed by atoms with Crippen molar-refractivity contribution in [2.45, 2.75) is 6.04 Å². The highest BCUT2D eigenvalue weighted by Crippen LogP contribution is 2.33. The second-order valence-electron chi connectivity index (χ2n) is 1.52. The third kappa shape index (κ3) is 5.65. The summed E-state index contributed by atoms with van der Waals surface area (Å²) in [5.74, 6) is 0. The van der Waals surface area contributed by atoms with Crippen LogP contribution < -0.4 is 5.73 Å². The molecule has 0 aliphatic carbocycles. The molecule has 0 heterocycles. The quantitative estimate of drug-likeness (QED) is 0.431. The van der Waals surface area contributed by atoms with Gasteiger partial charge in [-0.2, -0.15) is 0 Å². The standard InChI is InChI=1S/C3H7NO4P/c4-3(1-5)2-9(6,7)8/h3H,2,4H2,(H2,6,7,8)/t3-/m1/s1/i/hD. The summed E-state index contributed by atoms with van der Waals surface area (Å²) in [7, 11) is -4.20. The Balaban J connectivity index is 3.86. The Morgan fingerprint density at radius 1 is 1.89 bits per heavy atom. The molecule has 0 saturated heterocycles. The molecular weight excluding hydrogens is 145 g/mol. The SMILES string of the molecule is [2H]N[C@H]([C]=O)CP(=O)(O)O. The van der Waals surface area contributed by atoms with Crippen LogP contribution in [0.3, 0.4) is 0 Å². The Bertz CT molecular complexity index is 157. The summed E-state index contributed by atoms with van der Waals surface area (Å²) in [6.45, 7) is 0. The maximum absolute atomic E-state index is 10.2. The summed E-state index contributed by atoms with van der Waals surface area (Å²) in [5.41, 5.74) is 1.64. The summed E-state index contributed by atoms with van der Waals surface area (Å²) in [4.78, 5) is 26.3. The van der Waals surface area contributed by atoms with E-state index in [-0.39, 0.29) is 0 Å². The van der Waals surface area contributed by atoms with Gasteiger partial charge < -0.3 is 15.5 Å². The monoisotopic (exact) mass is 153 g/mol. The lowest BCUT2D eigenvalue weighted by molar-refractivity contribution is 0.371. The fourth-order valence-corrected chi connectivity index (χ4v) is 0.825. The van der Waals surface area contributed by atoms with E-state index in [1.165, 1.54) is 6.29 Å². The van der Waals surface area contributed by atoms with Crippen LogP contribution in [0.5, 0.6) is 0 Å². The molecule has 0 aliphatic heterocycles. The first-order valence-electron chi connectivity index (χ1n) is 2.59. The molecule has 0 fully saturated rings. The minimum Gasteiger partial charge on any atom is -0.324 e. The average molecular weight is 153 g/mol. The van der Waals surface area contributed by atoms with Crippen LogP contribution in [0.2, 0.25) is 1.41 Å². The lowest BCUT2D eigenvalue weighted by Crippen LogP contribution is -2.25. The van der Waals surface area contributed by atoms with E-state index in [1.807, 2.05) is 0 Å². The van der Waals surface area contributed by atoms with E-state index in [4.69, 9.17) is 11.2 Å². The van der Waals surface area contributed by atoms with Crippen LogP contribution in [0.25, 0.3) is 0 Å². The van der Waals surface area contributed by atoms with Crippen LogP contribution >= 0.6 is 7.60 Å². The topological polar surface area (TPSA) is 101 Å². The Kier molecular flexibility index (Phi) is 2.36. The van der Waals surface area contributed by atoms with Crippen LogP contribution in [0.1, 0.15) is 0 Å². The second-order valence-corrected chi connectivity index (χ2v) is 3.21. The summed E-state index contributed by atoms with van der Waals surface area (Å²) >= 11 is 0. The van der Waals surface area contributed by atoms with Crippen molar-refractivity contribution < 1.29 is 20.6 Å². The van der Waals surface area contributed by atoms with Crippen molar-refractivity contribution in [3.8, 4) is 0 Å². The Morgan fingerprint density at radius 2 is 2.44 bits per heavy atom. The molecule has 9 heavy (non-hydrogen) atoms.